The van der Waals surface area contributed by atoms with Crippen molar-refractivity contribution in [1.29, 1.82) is 0 Å². The molecule has 5 heteroatoms. The summed E-state index contributed by atoms with van der Waals surface area (Å²) in [6.07, 6.45) is 20.0. The molecule has 0 amide bonds. The number of rotatable bonds is 13. The predicted octanol–water partition coefficient (Wildman–Crippen LogP) is 16.4. The number of aliphatic hydroxyl groups is 1. The number of hydrogen-bond acceptors (Lipinski definition) is 4. The maximum absolute atomic E-state index is 11.9. The van der Waals surface area contributed by atoms with Crippen molar-refractivity contribution in [3.8, 4) is 22.5 Å². The quantitative estimate of drug-likeness (QED) is 0.0711. The molecule has 4 nitrogen and oxygen atoms in total. The second kappa shape index (κ2) is 24.4. The monoisotopic (exact) mass is 1050 g/mol. The van der Waals surface area contributed by atoms with E-state index in [0.29, 0.717) is 0 Å². The molecule has 2 aliphatic rings. The molecule has 2 aromatic heterocycles. The largest absolute Gasteiger partial charge is 0.512 e. The van der Waals surface area contributed by atoms with E-state index in [0.717, 1.165) is 88.4 Å². The minimum absolute atomic E-state index is 0. The van der Waals surface area contributed by atoms with E-state index in [4.69, 9.17) is 2.74 Å². The van der Waals surface area contributed by atoms with Crippen molar-refractivity contribution in [1.82, 2.24) is 9.97 Å². The van der Waals surface area contributed by atoms with Crippen molar-refractivity contribution in [3.05, 3.63) is 142 Å². The Morgan fingerprint density at radius 1 is 0.723 bits per heavy atom. The van der Waals surface area contributed by atoms with Crippen molar-refractivity contribution in [3.63, 3.8) is 0 Å². The summed E-state index contributed by atoms with van der Waals surface area (Å²) in [6.45, 7) is 18.4. The number of fused-ring (bicyclic) bond motifs is 2. The van der Waals surface area contributed by atoms with Crippen molar-refractivity contribution < 1.29 is 32.7 Å². The molecule has 4 aromatic carbocycles. The van der Waals surface area contributed by atoms with Crippen LogP contribution in [0.1, 0.15) is 148 Å². The Bertz CT molecular complexity index is 2590. The first-order chi connectivity index (χ1) is 31.6. The minimum atomic E-state index is -0.248. The third kappa shape index (κ3) is 13.8. The molecular weight excluding hydrogens is 973 g/mol. The van der Waals surface area contributed by atoms with E-state index in [2.05, 4.69) is 110 Å². The molecule has 6 aromatic rings. The van der Waals surface area contributed by atoms with Crippen LogP contribution >= 0.6 is 0 Å². The molecule has 2 saturated carbocycles. The fourth-order valence-electron chi connectivity index (χ4n) is 9.88. The van der Waals surface area contributed by atoms with Crippen LogP contribution in [-0.4, -0.2) is 20.9 Å². The Morgan fingerprint density at radius 2 is 1.20 bits per heavy atom. The number of pyridine rings is 2. The molecule has 65 heavy (non-hydrogen) atoms. The van der Waals surface area contributed by atoms with E-state index in [-0.39, 0.29) is 55.2 Å². The third-order valence-corrected chi connectivity index (χ3v) is 14.2. The van der Waals surface area contributed by atoms with Gasteiger partial charge in [0.2, 0.25) is 0 Å². The zero-order valence-corrected chi connectivity index (χ0v) is 43.1. The molecule has 2 fully saturated rings. The number of aryl methyl sites for hydroxylation is 4. The van der Waals surface area contributed by atoms with Gasteiger partial charge in [0.15, 0.2) is 5.78 Å². The van der Waals surface area contributed by atoms with Gasteiger partial charge in [0.1, 0.15) is 5.76 Å². The van der Waals surface area contributed by atoms with E-state index in [1.54, 1.807) is 0 Å². The minimum Gasteiger partial charge on any atom is -0.512 e. The van der Waals surface area contributed by atoms with Crippen LogP contribution in [0.3, 0.4) is 0 Å². The van der Waals surface area contributed by atoms with Gasteiger partial charge >= 0.3 is 0 Å². The first kappa shape index (κ1) is 48.5. The Balaban J connectivity index is 0.000000193. The first-order valence-corrected chi connectivity index (χ1v) is 24.4. The fourth-order valence-corrected chi connectivity index (χ4v) is 9.88. The predicted molar refractivity (Wildman–Crippen MR) is 271 cm³/mol. The van der Waals surface area contributed by atoms with E-state index >= 15 is 0 Å². The number of benzene rings is 4. The Morgan fingerprint density at radius 3 is 1.68 bits per heavy atom. The van der Waals surface area contributed by atoms with Gasteiger partial charge in [-0.1, -0.05) is 150 Å². The van der Waals surface area contributed by atoms with E-state index in [9.17, 15) is 9.90 Å². The summed E-state index contributed by atoms with van der Waals surface area (Å²) in [5, 5.41) is 14.3. The average Bonchev–Trinajstić information content (AvgIpc) is 4.02. The molecule has 347 valence electrons. The second-order valence-corrected chi connectivity index (χ2v) is 19.2. The molecule has 0 aliphatic heterocycles. The zero-order valence-electron chi connectivity index (χ0n) is 42.7. The standard InChI is InChI=1S/2C23H24N.C14H26O2.Ir/c2*1-16-11-17(2)13-21(12-16)23-22-8-7-19(14-18-5-3-4-6-18)15-20(22)9-10-24-23;1-6-11(7-2)12(15)10-13(16)14(5,8-3)9-4;/h2*7-12,15,18H,3-6,14H2,1-2H3;10-11,16H,6-9H2,1-5H3;/q2*-1;;/b;;13-10-;/i9D,10D;;;. The van der Waals surface area contributed by atoms with Gasteiger partial charge in [0.05, 0.1) is 2.74 Å². The van der Waals surface area contributed by atoms with Crippen LogP contribution < -0.4 is 0 Å². The molecule has 0 saturated heterocycles. The summed E-state index contributed by atoms with van der Waals surface area (Å²) >= 11 is 0. The molecule has 0 bridgehead atoms. The van der Waals surface area contributed by atoms with Crippen LogP contribution in [0.2, 0.25) is 0 Å². The van der Waals surface area contributed by atoms with Gasteiger partial charge in [-0.05, 0) is 107 Å². The zero-order chi connectivity index (χ0) is 47.5. The summed E-state index contributed by atoms with van der Waals surface area (Å²) in [6, 6.07) is 31.0. The normalized spacial score (nSPS) is 15.0. The van der Waals surface area contributed by atoms with Crippen LogP contribution in [0.25, 0.3) is 44.1 Å². The summed E-state index contributed by atoms with van der Waals surface area (Å²) in [5.41, 5.74) is 11.0. The van der Waals surface area contributed by atoms with Crippen molar-refractivity contribution in [2.75, 3.05) is 0 Å². The smallest absolute Gasteiger partial charge is 0.162 e. The van der Waals surface area contributed by atoms with Gasteiger partial charge in [-0.2, -0.15) is 0 Å². The summed E-state index contributed by atoms with van der Waals surface area (Å²) in [4.78, 5) is 21.0. The number of aromatic nitrogens is 2. The molecule has 2 heterocycles. The maximum Gasteiger partial charge on any atom is 0.162 e. The van der Waals surface area contributed by atoms with Crippen molar-refractivity contribution in [2.45, 2.75) is 152 Å². The molecule has 0 spiro atoms. The molecule has 0 atom stereocenters. The Labute approximate surface area is 408 Å². The maximum atomic E-state index is 11.9. The number of ketones is 1. The summed E-state index contributed by atoms with van der Waals surface area (Å²) in [7, 11) is 0. The SMILES string of the molecule is CCC(CC)C(=O)/C=C(\O)C(C)(CC)CC.Cc1[c-]c(-c2nccc3cc(CC4CCCC4)ccc23)cc(C)c1.[2H]c1nc(-c2[c-]c(C)cc(C)c2)c2ccc(CC3CCCC3)cc2c1[2H].[Ir]. The fraction of sp³-hybridized carbons (Fsp3) is 0.450. The topological polar surface area (TPSA) is 63.1 Å². The van der Waals surface area contributed by atoms with Crippen LogP contribution in [-0.2, 0) is 37.7 Å². The van der Waals surface area contributed by atoms with Gasteiger partial charge in [0, 0.05) is 49.9 Å². The van der Waals surface area contributed by atoms with Gasteiger partial charge < -0.3 is 15.1 Å². The van der Waals surface area contributed by atoms with Crippen LogP contribution in [0.15, 0.2) is 97.0 Å². The number of allylic oxidation sites excluding steroid dienone is 2. The van der Waals surface area contributed by atoms with E-state index < -0.39 is 0 Å². The molecule has 1 radical (unpaired) electrons. The van der Waals surface area contributed by atoms with E-state index in [1.807, 2.05) is 47.7 Å². The number of nitrogens with zero attached hydrogens (tertiary/aromatic N) is 2. The van der Waals surface area contributed by atoms with Gasteiger partial charge in [-0.15, -0.1) is 69.8 Å². The Hall–Kier alpha value is -4.44. The number of hydrogen-bond donors (Lipinski definition) is 1. The number of aliphatic hydroxyl groups excluding tert-OH is 1. The summed E-state index contributed by atoms with van der Waals surface area (Å²) < 4.78 is 16.5. The number of carbonyl (C=O) groups is 1. The Kier molecular flexibility index (Phi) is 18.2. The third-order valence-electron chi connectivity index (χ3n) is 14.2. The number of carbonyl (C=O) groups excluding carboxylic acids is 1. The first-order valence-electron chi connectivity index (χ1n) is 25.4. The molecule has 8 rings (SSSR count). The molecule has 2 aliphatic carbocycles. The molecular formula is C60H74IrN2O2-2. The van der Waals surface area contributed by atoms with Gasteiger partial charge in [-0.3, -0.25) is 4.79 Å². The second-order valence-electron chi connectivity index (χ2n) is 19.2. The van der Waals surface area contributed by atoms with Gasteiger partial charge in [-0.25, -0.2) is 0 Å². The van der Waals surface area contributed by atoms with Crippen LogP contribution in [0.5, 0.6) is 0 Å². The van der Waals surface area contributed by atoms with Crippen molar-refractivity contribution >= 4 is 27.3 Å². The molecule has 0 unspecified atom stereocenters. The molecule has 1 N–H and O–H groups in total. The van der Waals surface area contributed by atoms with Crippen LogP contribution in [0, 0.1) is 63.0 Å². The van der Waals surface area contributed by atoms with E-state index in [1.165, 1.54) is 96.9 Å². The van der Waals surface area contributed by atoms with Crippen molar-refractivity contribution in [2.24, 2.45) is 23.2 Å². The van der Waals surface area contributed by atoms with Gasteiger partial charge in [0.25, 0.3) is 0 Å². The summed E-state index contributed by atoms with van der Waals surface area (Å²) in [5.74, 6) is 2.02. The average molecular weight is 1050 g/mol. The van der Waals surface area contributed by atoms with Crippen LogP contribution in [0.4, 0.5) is 0 Å².